The number of esters is 1. The number of nitro benzene ring substituents is 1. The van der Waals surface area contributed by atoms with Gasteiger partial charge >= 0.3 is 5.97 Å². The highest BCUT2D eigenvalue weighted by Crippen LogP contribution is 2.39. The van der Waals surface area contributed by atoms with Crippen molar-refractivity contribution in [2.45, 2.75) is 6.54 Å². The molecule has 5 rings (SSSR count). The van der Waals surface area contributed by atoms with Crippen molar-refractivity contribution < 1.29 is 33.5 Å². The van der Waals surface area contributed by atoms with Gasteiger partial charge in [0.2, 0.25) is 6.79 Å². The Balaban J connectivity index is 1.26. The van der Waals surface area contributed by atoms with Gasteiger partial charge in [0.05, 0.1) is 21.9 Å². The Kier molecular flexibility index (Phi) is 6.55. The summed E-state index contributed by atoms with van der Waals surface area (Å²) in [5.74, 6) is -0.0148. The van der Waals surface area contributed by atoms with Gasteiger partial charge in [0.15, 0.2) is 11.5 Å². The van der Waals surface area contributed by atoms with Crippen LogP contribution in [-0.2, 0) is 11.3 Å². The van der Waals surface area contributed by atoms with Gasteiger partial charge in [0, 0.05) is 23.2 Å². The maximum Gasteiger partial charge on any atom is 0.343 e. The third kappa shape index (κ3) is 5.13. The lowest BCUT2D eigenvalue weighted by atomic mass is 10.1. The lowest BCUT2D eigenvalue weighted by Gasteiger charge is -2.14. The van der Waals surface area contributed by atoms with Crippen molar-refractivity contribution in [2.24, 2.45) is 0 Å². The van der Waals surface area contributed by atoms with E-state index in [4.69, 9.17) is 25.8 Å². The minimum Gasteiger partial charge on any atom is -0.454 e. The average molecular weight is 539 g/mol. The Morgan fingerprint density at radius 3 is 2.57 bits per heavy atom. The summed E-state index contributed by atoms with van der Waals surface area (Å²) in [6, 6.07) is 14.7. The van der Waals surface area contributed by atoms with E-state index in [0.717, 1.165) is 22.7 Å². The molecule has 3 aromatic rings. The lowest BCUT2D eigenvalue weighted by molar-refractivity contribution is -0.384. The second kappa shape index (κ2) is 9.96. The number of carbonyl (C=O) groups is 3. The van der Waals surface area contributed by atoms with Crippen molar-refractivity contribution >= 4 is 52.2 Å². The van der Waals surface area contributed by atoms with Gasteiger partial charge in [-0.2, -0.15) is 0 Å². The molecule has 1 fully saturated rings. The van der Waals surface area contributed by atoms with E-state index >= 15 is 0 Å². The average Bonchev–Trinajstić information content (AvgIpc) is 3.44. The number of hydrogen-bond acceptors (Lipinski definition) is 9. The van der Waals surface area contributed by atoms with Crippen LogP contribution >= 0.6 is 23.4 Å². The molecule has 3 aromatic carbocycles. The van der Waals surface area contributed by atoms with Crippen molar-refractivity contribution in [3.05, 3.63) is 97.4 Å². The smallest absolute Gasteiger partial charge is 0.343 e. The number of benzene rings is 3. The second-order valence-corrected chi connectivity index (χ2v) is 9.23. The molecule has 186 valence electrons. The number of nitro groups is 1. The van der Waals surface area contributed by atoms with Crippen molar-refractivity contribution in [3.8, 4) is 17.2 Å². The highest BCUT2D eigenvalue weighted by Gasteiger charge is 2.35. The number of halogens is 1. The van der Waals surface area contributed by atoms with Crippen LogP contribution in [0.15, 0.2) is 65.6 Å². The number of thioether (sulfide) groups is 1. The maximum atomic E-state index is 12.9. The summed E-state index contributed by atoms with van der Waals surface area (Å²) in [7, 11) is 0. The Bertz CT molecular complexity index is 1490. The maximum absolute atomic E-state index is 12.9. The molecule has 2 heterocycles. The van der Waals surface area contributed by atoms with E-state index < -0.39 is 22.0 Å². The number of hydrogen-bond donors (Lipinski definition) is 0. The van der Waals surface area contributed by atoms with E-state index in [1.807, 2.05) is 0 Å². The standard InChI is InChI=1S/C25H15ClN2O8S/c26-19-11-21-20(34-13-35-21)10-16(19)12-27-23(29)22(37-25(27)31)8-14-4-6-18(7-5-14)36-24(30)15-2-1-3-17(9-15)28(32)33/h1-11H,12-13H2/b22-8-. The third-order valence-corrected chi connectivity index (χ3v) is 6.68. The summed E-state index contributed by atoms with van der Waals surface area (Å²) in [5, 5.41) is 10.8. The number of carbonyl (C=O) groups excluding carboxylic acids is 3. The predicted molar refractivity (Wildman–Crippen MR) is 134 cm³/mol. The van der Waals surface area contributed by atoms with Crippen LogP contribution in [0, 0.1) is 10.1 Å². The molecule has 0 radical (unpaired) electrons. The van der Waals surface area contributed by atoms with Gasteiger partial charge in [0.1, 0.15) is 5.75 Å². The normalized spacial score (nSPS) is 15.4. The number of amides is 2. The zero-order valence-electron chi connectivity index (χ0n) is 18.7. The molecule has 12 heteroatoms. The van der Waals surface area contributed by atoms with E-state index in [-0.39, 0.29) is 35.2 Å². The van der Waals surface area contributed by atoms with Crippen LogP contribution in [0.1, 0.15) is 21.5 Å². The summed E-state index contributed by atoms with van der Waals surface area (Å²) in [4.78, 5) is 49.4. The van der Waals surface area contributed by atoms with Gasteiger partial charge in [-0.05, 0) is 53.2 Å². The second-order valence-electron chi connectivity index (χ2n) is 7.83. The van der Waals surface area contributed by atoms with Gasteiger partial charge in [0.25, 0.3) is 16.8 Å². The fourth-order valence-electron chi connectivity index (χ4n) is 3.58. The number of imide groups is 1. The van der Waals surface area contributed by atoms with E-state index in [1.54, 1.807) is 30.3 Å². The first-order valence-corrected chi connectivity index (χ1v) is 11.9. The molecule has 2 aliphatic rings. The van der Waals surface area contributed by atoms with Crippen molar-refractivity contribution in [1.29, 1.82) is 0 Å². The molecule has 0 aliphatic carbocycles. The molecule has 0 saturated carbocycles. The zero-order chi connectivity index (χ0) is 26.1. The molecular formula is C25H15ClN2O8S. The molecule has 0 N–H and O–H groups in total. The lowest BCUT2D eigenvalue weighted by Crippen LogP contribution is -2.27. The third-order valence-electron chi connectivity index (χ3n) is 5.42. The first kappa shape index (κ1) is 24.3. The zero-order valence-corrected chi connectivity index (χ0v) is 20.3. The van der Waals surface area contributed by atoms with Crippen LogP contribution in [0.3, 0.4) is 0 Å². The molecule has 0 spiro atoms. The summed E-state index contributed by atoms with van der Waals surface area (Å²) in [6.45, 7) is 0.0518. The molecule has 0 unspecified atom stereocenters. The Morgan fingerprint density at radius 1 is 1.11 bits per heavy atom. The molecule has 0 atom stereocenters. The quantitative estimate of drug-likeness (QED) is 0.133. The monoisotopic (exact) mass is 538 g/mol. The highest BCUT2D eigenvalue weighted by molar-refractivity contribution is 8.18. The predicted octanol–water partition coefficient (Wildman–Crippen LogP) is 5.43. The van der Waals surface area contributed by atoms with E-state index in [2.05, 4.69) is 0 Å². The Hall–Kier alpha value is -4.35. The molecule has 10 nitrogen and oxygen atoms in total. The van der Waals surface area contributed by atoms with Gasteiger partial charge in [-0.3, -0.25) is 24.6 Å². The summed E-state index contributed by atoms with van der Waals surface area (Å²) in [5.41, 5.74) is 0.959. The minimum atomic E-state index is -0.750. The first-order chi connectivity index (χ1) is 17.8. The molecule has 2 aliphatic heterocycles. The van der Waals surface area contributed by atoms with E-state index in [1.165, 1.54) is 30.3 Å². The highest BCUT2D eigenvalue weighted by atomic mass is 35.5. The van der Waals surface area contributed by atoms with Crippen molar-refractivity contribution in [3.63, 3.8) is 0 Å². The molecule has 1 saturated heterocycles. The molecule has 0 aromatic heterocycles. The van der Waals surface area contributed by atoms with E-state index in [0.29, 0.717) is 27.6 Å². The molecule has 0 bridgehead atoms. The molecular weight excluding hydrogens is 524 g/mol. The summed E-state index contributed by atoms with van der Waals surface area (Å²) >= 11 is 7.09. The fraction of sp³-hybridized carbons (Fsp3) is 0.0800. The molecule has 37 heavy (non-hydrogen) atoms. The Morgan fingerprint density at radius 2 is 1.84 bits per heavy atom. The number of rotatable bonds is 6. The number of non-ortho nitro benzene ring substituents is 1. The molecule has 2 amide bonds. The minimum absolute atomic E-state index is 0.0238. The topological polar surface area (TPSA) is 125 Å². The van der Waals surface area contributed by atoms with Gasteiger partial charge in [-0.25, -0.2) is 4.79 Å². The van der Waals surface area contributed by atoms with Crippen LogP contribution in [0.4, 0.5) is 10.5 Å². The van der Waals surface area contributed by atoms with Crippen LogP contribution in [-0.4, -0.2) is 33.7 Å². The van der Waals surface area contributed by atoms with E-state index in [9.17, 15) is 24.5 Å². The Labute approximate surface area is 218 Å². The number of fused-ring (bicyclic) bond motifs is 1. The van der Waals surface area contributed by atoms with Crippen LogP contribution in [0.2, 0.25) is 5.02 Å². The van der Waals surface area contributed by atoms with Gasteiger partial charge in [-0.1, -0.05) is 29.8 Å². The SMILES string of the molecule is O=C(Oc1ccc(/C=C2\SC(=O)N(Cc3cc4c(cc3Cl)OCO4)C2=O)cc1)c1cccc([N+](=O)[O-])c1. The van der Waals surface area contributed by atoms with Crippen molar-refractivity contribution in [1.82, 2.24) is 4.90 Å². The number of ether oxygens (including phenoxy) is 3. The first-order valence-electron chi connectivity index (χ1n) is 10.7. The fourth-order valence-corrected chi connectivity index (χ4v) is 4.63. The van der Waals surface area contributed by atoms with Gasteiger partial charge < -0.3 is 14.2 Å². The number of nitrogens with zero attached hydrogens (tertiary/aromatic N) is 2. The summed E-state index contributed by atoms with van der Waals surface area (Å²) < 4.78 is 15.9. The van der Waals surface area contributed by atoms with Crippen LogP contribution < -0.4 is 14.2 Å². The van der Waals surface area contributed by atoms with Crippen molar-refractivity contribution in [2.75, 3.05) is 6.79 Å². The van der Waals surface area contributed by atoms with Gasteiger partial charge in [-0.15, -0.1) is 0 Å². The largest absolute Gasteiger partial charge is 0.454 e. The van der Waals surface area contributed by atoms with Crippen LogP contribution in [0.25, 0.3) is 6.08 Å². The summed E-state index contributed by atoms with van der Waals surface area (Å²) in [6.07, 6.45) is 1.55. The van der Waals surface area contributed by atoms with Crippen LogP contribution in [0.5, 0.6) is 17.2 Å².